The molecule has 0 aliphatic heterocycles. The lowest BCUT2D eigenvalue weighted by atomic mass is 10.2. The minimum Gasteiger partial charge on any atom is -0.454 e. The summed E-state index contributed by atoms with van der Waals surface area (Å²) in [7, 11) is 0. The molecule has 0 fully saturated rings. The zero-order valence-electron chi connectivity index (χ0n) is 10.1. The van der Waals surface area contributed by atoms with Crippen molar-refractivity contribution >= 4 is 28.8 Å². The highest BCUT2D eigenvalue weighted by atomic mass is 32.1. The van der Waals surface area contributed by atoms with Crippen LogP contribution < -0.4 is 0 Å². The van der Waals surface area contributed by atoms with Gasteiger partial charge in [-0.25, -0.2) is 4.79 Å². The van der Waals surface area contributed by atoms with Crippen LogP contribution in [-0.2, 0) is 4.74 Å². The van der Waals surface area contributed by atoms with Crippen LogP contribution in [0.25, 0.3) is 0 Å². The van der Waals surface area contributed by atoms with E-state index in [1.807, 2.05) is 0 Å². The molecule has 1 heterocycles. The van der Waals surface area contributed by atoms with Gasteiger partial charge in [0.05, 0.1) is 15.4 Å². The van der Waals surface area contributed by atoms with Crippen molar-refractivity contribution in [2.45, 2.75) is 0 Å². The van der Waals surface area contributed by atoms with E-state index < -0.39 is 10.9 Å². The first kappa shape index (κ1) is 13.9. The molecule has 0 atom stereocenters. The van der Waals surface area contributed by atoms with Crippen molar-refractivity contribution in [1.82, 2.24) is 0 Å². The number of non-ortho nitro benzene ring substituents is 1. The third-order valence-electron chi connectivity index (χ3n) is 2.42. The van der Waals surface area contributed by atoms with E-state index in [4.69, 9.17) is 4.74 Å². The van der Waals surface area contributed by atoms with E-state index in [-0.39, 0.29) is 23.6 Å². The molecule has 2 aromatic rings. The molecule has 2 rings (SSSR count). The van der Waals surface area contributed by atoms with Crippen molar-refractivity contribution < 1.29 is 19.2 Å². The van der Waals surface area contributed by atoms with Crippen molar-refractivity contribution in [1.29, 1.82) is 0 Å². The molecule has 20 heavy (non-hydrogen) atoms. The van der Waals surface area contributed by atoms with Crippen molar-refractivity contribution in [3.8, 4) is 0 Å². The molecular weight excluding hydrogens is 282 g/mol. The first-order valence-corrected chi connectivity index (χ1v) is 6.44. The predicted octanol–water partition coefficient (Wildman–Crippen LogP) is 2.70. The van der Waals surface area contributed by atoms with Crippen molar-refractivity contribution in [3.63, 3.8) is 0 Å². The highest BCUT2D eigenvalue weighted by Crippen LogP contribution is 2.14. The number of nitrogens with zero attached hydrogens (tertiary/aromatic N) is 1. The Morgan fingerprint density at radius 2 is 2.05 bits per heavy atom. The van der Waals surface area contributed by atoms with Crippen molar-refractivity contribution in [3.05, 3.63) is 62.3 Å². The molecule has 0 N–H and O–H groups in total. The predicted molar refractivity (Wildman–Crippen MR) is 72.0 cm³/mol. The van der Waals surface area contributed by atoms with Gasteiger partial charge in [-0.1, -0.05) is 12.1 Å². The molecule has 0 unspecified atom stereocenters. The maximum absolute atomic E-state index is 11.7. The maximum atomic E-state index is 11.7. The van der Waals surface area contributed by atoms with E-state index in [1.54, 1.807) is 17.5 Å². The van der Waals surface area contributed by atoms with E-state index in [9.17, 15) is 19.7 Å². The summed E-state index contributed by atoms with van der Waals surface area (Å²) in [5.74, 6) is -1.07. The first-order valence-electron chi connectivity index (χ1n) is 5.56. The van der Waals surface area contributed by atoms with Crippen LogP contribution in [0.3, 0.4) is 0 Å². The topological polar surface area (TPSA) is 86.5 Å². The number of nitro groups is 1. The molecule has 6 nitrogen and oxygen atoms in total. The Kier molecular flexibility index (Phi) is 4.21. The van der Waals surface area contributed by atoms with Crippen molar-refractivity contribution in [2.24, 2.45) is 0 Å². The number of carbonyl (C=O) groups is 2. The van der Waals surface area contributed by atoms with E-state index >= 15 is 0 Å². The summed E-state index contributed by atoms with van der Waals surface area (Å²) in [6.07, 6.45) is 0. The van der Waals surface area contributed by atoms with Gasteiger partial charge in [0.1, 0.15) is 0 Å². The van der Waals surface area contributed by atoms with Gasteiger partial charge in [-0.3, -0.25) is 14.9 Å². The largest absolute Gasteiger partial charge is 0.454 e. The lowest BCUT2D eigenvalue weighted by molar-refractivity contribution is -0.384. The molecule has 0 amide bonds. The molecule has 0 aliphatic rings. The molecule has 102 valence electrons. The SMILES string of the molecule is O=C(OCC(=O)c1cccs1)c1cccc([N+](=O)[O-])c1. The van der Waals surface area contributed by atoms with Crippen LogP contribution >= 0.6 is 11.3 Å². The summed E-state index contributed by atoms with van der Waals surface area (Å²) < 4.78 is 4.84. The van der Waals surface area contributed by atoms with Gasteiger partial charge >= 0.3 is 5.97 Å². The van der Waals surface area contributed by atoms with Crippen LogP contribution in [0.2, 0.25) is 0 Å². The van der Waals surface area contributed by atoms with Crippen LogP contribution in [0.5, 0.6) is 0 Å². The summed E-state index contributed by atoms with van der Waals surface area (Å²) in [6.45, 7) is -0.387. The Morgan fingerprint density at radius 3 is 2.70 bits per heavy atom. The van der Waals surface area contributed by atoms with E-state index in [2.05, 4.69) is 0 Å². The van der Waals surface area contributed by atoms with Gasteiger partial charge in [-0.2, -0.15) is 0 Å². The number of thiophene rings is 1. The van der Waals surface area contributed by atoms with Gasteiger partial charge in [0.2, 0.25) is 5.78 Å². The average Bonchev–Trinajstić information content (AvgIpc) is 2.98. The molecule has 1 aromatic carbocycles. The van der Waals surface area contributed by atoms with Gasteiger partial charge in [0.25, 0.3) is 5.69 Å². The summed E-state index contributed by atoms with van der Waals surface area (Å²) in [5, 5.41) is 12.3. The molecule has 0 spiro atoms. The fourth-order valence-corrected chi connectivity index (χ4v) is 2.12. The van der Waals surface area contributed by atoms with Gasteiger partial charge in [-0.05, 0) is 17.5 Å². The Hall–Kier alpha value is -2.54. The van der Waals surface area contributed by atoms with Crippen LogP contribution in [0.1, 0.15) is 20.0 Å². The lowest BCUT2D eigenvalue weighted by Crippen LogP contribution is -2.13. The second-order valence-corrected chi connectivity index (χ2v) is 4.73. The molecular formula is C13H9NO5S. The molecule has 0 saturated heterocycles. The number of benzene rings is 1. The number of rotatable bonds is 5. The van der Waals surface area contributed by atoms with E-state index in [1.165, 1.54) is 29.5 Å². The standard InChI is InChI=1S/C13H9NO5S/c15-11(12-5-2-6-20-12)8-19-13(16)9-3-1-4-10(7-9)14(17)18/h1-7H,8H2. The average molecular weight is 291 g/mol. The second kappa shape index (κ2) is 6.07. The monoisotopic (exact) mass is 291 g/mol. The zero-order chi connectivity index (χ0) is 14.5. The number of nitro benzene ring substituents is 1. The van der Waals surface area contributed by atoms with E-state index in [0.29, 0.717) is 4.88 Å². The Bertz CT molecular complexity index is 651. The number of ketones is 1. The minimum atomic E-state index is -0.765. The van der Waals surface area contributed by atoms with Gasteiger partial charge < -0.3 is 4.74 Å². The summed E-state index contributed by atoms with van der Waals surface area (Å²) >= 11 is 1.25. The smallest absolute Gasteiger partial charge is 0.338 e. The van der Waals surface area contributed by atoms with Gasteiger partial charge in [0, 0.05) is 12.1 Å². The minimum absolute atomic E-state index is 0.0400. The number of esters is 1. The Morgan fingerprint density at radius 1 is 1.25 bits per heavy atom. The quantitative estimate of drug-likeness (QED) is 0.366. The fraction of sp³-hybridized carbons (Fsp3) is 0.0769. The summed E-state index contributed by atoms with van der Waals surface area (Å²) in [6, 6.07) is 8.51. The maximum Gasteiger partial charge on any atom is 0.338 e. The zero-order valence-corrected chi connectivity index (χ0v) is 11.0. The third-order valence-corrected chi connectivity index (χ3v) is 3.33. The fourth-order valence-electron chi connectivity index (χ4n) is 1.47. The lowest BCUT2D eigenvalue weighted by Gasteiger charge is -2.03. The summed E-state index contributed by atoms with van der Waals surface area (Å²) in [4.78, 5) is 33.8. The second-order valence-electron chi connectivity index (χ2n) is 3.78. The van der Waals surface area contributed by atoms with Crippen LogP contribution in [0.15, 0.2) is 41.8 Å². The Labute approximate surface area is 117 Å². The number of hydrogen-bond acceptors (Lipinski definition) is 6. The third kappa shape index (κ3) is 3.27. The van der Waals surface area contributed by atoms with E-state index in [0.717, 1.165) is 6.07 Å². The molecule has 0 bridgehead atoms. The van der Waals surface area contributed by atoms with Gasteiger partial charge in [-0.15, -0.1) is 11.3 Å². The summed E-state index contributed by atoms with van der Waals surface area (Å²) in [5.41, 5.74) is -0.165. The number of carbonyl (C=O) groups excluding carboxylic acids is 2. The van der Waals surface area contributed by atoms with Crippen molar-refractivity contribution in [2.75, 3.05) is 6.61 Å². The van der Waals surface area contributed by atoms with Gasteiger partial charge in [0.15, 0.2) is 6.61 Å². The Balaban J connectivity index is 2.00. The van der Waals surface area contributed by atoms with Crippen LogP contribution in [0, 0.1) is 10.1 Å². The molecule has 0 aliphatic carbocycles. The molecule has 7 heteroatoms. The number of Topliss-reactive ketones (excluding diaryl/α,β-unsaturated/α-hetero) is 1. The molecule has 1 aromatic heterocycles. The first-order chi connectivity index (χ1) is 9.58. The van der Waals surface area contributed by atoms with Crippen LogP contribution in [0.4, 0.5) is 5.69 Å². The molecule has 0 radical (unpaired) electrons. The highest BCUT2D eigenvalue weighted by molar-refractivity contribution is 7.12. The normalized spacial score (nSPS) is 10.0. The number of ether oxygens (including phenoxy) is 1. The number of hydrogen-bond donors (Lipinski definition) is 0. The highest BCUT2D eigenvalue weighted by Gasteiger charge is 2.15. The molecule has 0 saturated carbocycles. The van der Waals surface area contributed by atoms with Crippen LogP contribution in [-0.4, -0.2) is 23.3 Å².